The number of nitro benzene ring substituents is 1. The molecule has 1 atom stereocenters. The van der Waals surface area contributed by atoms with Crippen LogP contribution in [0.25, 0.3) is 0 Å². The molecule has 0 saturated carbocycles. The number of para-hydroxylation sites is 1. The molecule has 0 amide bonds. The highest BCUT2D eigenvalue weighted by molar-refractivity contribution is 9.09. The predicted molar refractivity (Wildman–Crippen MR) is 69.0 cm³/mol. The van der Waals surface area contributed by atoms with Gasteiger partial charge in [-0.1, -0.05) is 48.0 Å². The first kappa shape index (κ1) is 13.2. The summed E-state index contributed by atoms with van der Waals surface area (Å²) in [6.45, 7) is 4.28. The molecule has 1 aromatic rings. The molecule has 88 valence electrons. The average molecular weight is 286 g/mol. The molecule has 1 rings (SSSR count). The number of hydrogen-bond donors (Lipinski definition) is 0. The van der Waals surface area contributed by atoms with E-state index in [0.717, 1.165) is 18.4 Å². The minimum atomic E-state index is -0.312. The molecule has 0 aliphatic rings. The van der Waals surface area contributed by atoms with Crippen LogP contribution in [0.2, 0.25) is 0 Å². The molecule has 0 radical (unpaired) electrons. The maximum Gasteiger partial charge on any atom is 0.272 e. The Balaban J connectivity index is 2.70. The van der Waals surface area contributed by atoms with Crippen LogP contribution in [-0.4, -0.2) is 9.75 Å². The second-order valence-corrected chi connectivity index (χ2v) is 5.36. The molecule has 0 N–H and O–H groups in total. The Bertz CT molecular complexity index is 366. The van der Waals surface area contributed by atoms with Crippen LogP contribution in [0.3, 0.4) is 0 Å². The van der Waals surface area contributed by atoms with Crippen molar-refractivity contribution in [3.63, 3.8) is 0 Å². The Morgan fingerprint density at radius 1 is 1.38 bits per heavy atom. The number of benzene rings is 1. The van der Waals surface area contributed by atoms with Gasteiger partial charge in [-0.05, 0) is 18.8 Å². The van der Waals surface area contributed by atoms with Gasteiger partial charge in [-0.3, -0.25) is 10.1 Å². The molecule has 0 bridgehead atoms. The monoisotopic (exact) mass is 285 g/mol. The number of halogens is 1. The lowest BCUT2D eigenvalue weighted by Crippen LogP contribution is -2.08. The van der Waals surface area contributed by atoms with Gasteiger partial charge in [-0.2, -0.15) is 0 Å². The first-order valence-corrected chi connectivity index (χ1v) is 6.30. The molecule has 0 heterocycles. The topological polar surface area (TPSA) is 43.1 Å². The molecule has 3 nitrogen and oxygen atoms in total. The summed E-state index contributed by atoms with van der Waals surface area (Å²) in [6.07, 6.45) is 1.66. The van der Waals surface area contributed by atoms with Crippen LogP contribution in [0.15, 0.2) is 24.3 Å². The van der Waals surface area contributed by atoms with Crippen molar-refractivity contribution in [2.75, 3.05) is 0 Å². The van der Waals surface area contributed by atoms with E-state index in [1.54, 1.807) is 12.1 Å². The van der Waals surface area contributed by atoms with Crippen LogP contribution in [0, 0.1) is 16.0 Å². The molecule has 16 heavy (non-hydrogen) atoms. The highest BCUT2D eigenvalue weighted by Crippen LogP contribution is 2.23. The number of nitro groups is 1. The number of rotatable bonds is 5. The molecule has 0 fully saturated rings. The van der Waals surface area contributed by atoms with Gasteiger partial charge >= 0.3 is 0 Å². The van der Waals surface area contributed by atoms with Crippen molar-refractivity contribution in [3.8, 4) is 0 Å². The van der Waals surface area contributed by atoms with E-state index < -0.39 is 0 Å². The van der Waals surface area contributed by atoms with Crippen LogP contribution in [-0.2, 0) is 6.42 Å². The molecule has 0 aliphatic heterocycles. The standard InChI is InChI=1S/C12H16BrNO2/c1-9(2)11(13)8-7-10-5-3-4-6-12(10)14(15)16/h3-6,9,11H,7-8H2,1-2H3. The van der Waals surface area contributed by atoms with Crippen LogP contribution >= 0.6 is 15.9 Å². The first-order valence-electron chi connectivity index (χ1n) is 5.38. The van der Waals surface area contributed by atoms with Gasteiger partial charge in [0.2, 0.25) is 0 Å². The maximum atomic E-state index is 10.8. The maximum absolute atomic E-state index is 10.8. The van der Waals surface area contributed by atoms with Crippen LogP contribution in [0.5, 0.6) is 0 Å². The molecule has 4 heteroatoms. The van der Waals surface area contributed by atoms with Crippen LogP contribution in [0.4, 0.5) is 5.69 Å². The third kappa shape index (κ3) is 3.59. The fourth-order valence-electron chi connectivity index (χ4n) is 1.53. The zero-order valence-electron chi connectivity index (χ0n) is 9.52. The minimum Gasteiger partial charge on any atom is -0.258 e. The summed E-state index contributed by atoms with van der Waals surface area (Å²) in [7, 11) is 0. The smallest absolute Gasteiger partial charge is 0.258 e. The van der Waals surface area contributed by atoms with E-state index in [0.29, 0.717) is 10.7 Å². The molecule has 0 aliphatic carbocycles. The molecular weight excluding hydrogens is 270 g/mol. The van der Waals surface area contributed by atoms with Gasteiger partial charge in [-0.25, -0.2) is 0 Å². The largest absolute Gasteiger partial charge is 0.272 e. The van der Waals surface area contributed by atoms with Gasteiger partial charge in [0.15, 0.2) is 0 Å². The zero-order chi connectivity index (χ0) is 12.1. The Morgan fingerprint density at radius 2 is 2.00 bits per heavy atom. The van der Waals surface area contributed by atoms with Crippen LogP contribution in [0.1, 0.15) is 25.8 Å². The van der Waals surface area contributed by atoms with Gasteiger partial charge in [-0.15, -0.1) is 0 Å². The minimum absolute atomic E-state index is 0.228. The second-order valence-electron chi connectivity index (χ2n) is 4.18. The van der Waals surface area contributed by atoms with E-state index in [1.807, 2.05) is 12.1 Å². The van der Waals surface area contributed by atoms with Crippen molar-refractivity contribution in [2.24, 2.45) is 5.92 Å². The molecule has 0 saturated heterocycles. The Morgan fingerprint density at radius 3 is 2.56 bits per heavy atom. The quantitative estimate of drug-likeness (QED) is 0.467. The molecule has 0 spiro atoms. The highest BCUT2D eigenvalue weighted by Gasteiger charge is 2.15. The van der Waals surface area contributed by atoms with Crippen LogP contribution < -0.4 is 0 Å². The van der Waals surface area contributed by atoms with Gasteiger partial charge in [0, 0.05) is 16.5 Å². The van der Waals surface area contributed by atoms with E-state index in [9.17, 15) is 10.1 Å². The summed E-state index contributed by atoms with van der Waals surface area (Å²) < 4.78 is 0. The second kappa shape index (κ2) is 5.99. The lowest BCUT2D eigenvalue weighted by atomic mass is 10.0. The fourth-order valence-corrected chi connectivity index (χ4v) is 1.76. The lowest BCUT2D eigenvalue weighted by molar-refractivity contribution is -0.385. The third-order valence-corrected chi connectivity index (χ3v) is 4.12. The SMILES string of the molecule is CC(C)C(Br)CCc1ccccc1[N+](=O)[O-]. The summed E-state index contributed by atoms with van der Waals surface area (Å²) >= 11 is 3.59. The fraction of sp³-hybridized carbons (Fsp3) is 0.500. The number of alkyl halides is 1. The zero-order valence-corrected chi connectivity index (χ0v) is 11.1. The van der Waals surface area contributed by atoms with Gasteiger partial charge in [0.05, 0.1) is 4.92 Å². The summed E-state index contributed by atoms with van der Waals surface area (Å²) in [5, 5.41) is 10.8. The van der Waals surface area contributed by atoms with Crippen molar-refractivity contribution in [1.82, 2.24) is 0 Å². The van der Waals surface area contributed by atoms with Crippen molar-refractivity contribution in [3.05, 3.63) is 39.9 Å². The lowest BCUT2D eigenvalue weighted by Gasteiger charge is -2.13. The number of aryl methyl sites for hydroxylation is 1. The molecule has 1 unspecified atom stereocenters. The summed E-state index contributed by atoms with van der Waals surface area (Å²) in [6, 6.07) is 6.95. The Kier molecular flexibility index (Phi) is 4.93. The van der Waals surface area contributed by atoms with Gasteiger partial charge in [0.25, 0.3) is 5.69 Å². The summed E-state index contributed by atoms with van der Waals surface area (Å²) in [5.41, 5.74) is 1.04. The van der Waals surface area contributed by atoms with Gasteiger partial charge < -0.3 is 0 Å². The van der Waals surface area contributed by atoms with E-state index in [1.165, 1.54) is 0 Å². The van der Waals surface area contributed by atoms with E-state index in [-0.39, 0.29) is 10.6 Å². The number of hydrogen-bond acceptors (Lipinski definition) is 2. The molecule has 0 aromatic heterocycles. The Labute approximate surface area is 104 Å². The van der Waals surface area contributed by atoms with E-state index >= 15 is 0 Å². The first-order chi connectivity index (χ1) is 7.52. The summed E-state index contributed by atoms with van der Waals surface area (Å²) in [4.78, 5) is 10.9. The number of nitrogens with zero attached hydrogens (tertiary/aromatic N) is 1. The van der Waals surface area contributed by atoms with Gasteiger partial charge in [0.1, 0.15) is 0 Å². The predicted octanol–water partition coefficient (Wildman–Crippen LogP) is 3.95. The molecular formula is C12H16BrNO2. The summed E-state index contributed by atoms with van der Waals surface area (Å²) in [5.74, 6) is 0.544. The Hall–Kier alpha value is -0.900. The van der Waals surface area contributed by atoms with Crippen molar-refractivity contribution < 1.29 is 4.92 Å². The van der Waals surface area contributed by atoms with E-state index in [2.05, 4.69) is 29.8 Å². The van der Waals surface area contributed by atoms with Crippen molar-refractivity contribution >= 4 is 21.6 Å². The van der Waals surface area contributed by atoms with Crippen molar-refractivity contribution in [1.29, 1.82) is 0 Å². The third-order valence-electron chi connectivity index (χ3n) is 2.60. The highest BCUT2D eigenvalue weighted by atomic mass is 79.9. The van der Waals surface area contributed by atoms with E-state index in [4.69, 9.17) is 0 Å². The molecule has 1 aromatic carbocycles. The van der Waals surface area contributed by atoms with Crippen molar-refractivity contribution in [2.45, 2.75) is 31.5 Å². The normalized spacial score (nSPS) is 12.8. The average Bonchev–Trinajstić information content (AvgIpc) is 2.25.